The van der Waals surface area contributed by atoms with E-state index in [2.05, 4.69) is 16.8 Å². The Morgan fingerprint density at radius 1 is 1.44 bits per heavy atom. The zero-order chi connectivity index (χ0) is 13.2. The quantitative estimate of drug-likeness (QED) is 0.911. The summed E-state index contributed by atoms with van der Waals surface area (Å²) in [5.41, 5.74) is 0.149. The maximum atomic E-state index is 9.51. The molecule has 2 heterocycles. The minimum atomic E-state index is 0.149. The van der Waals surface area contributed by atoms with Crippen LogP contribution in [0.15, 0.2) is 6.20 Å². The number of imidazole rings is 1. The Kier molecular flexibility index (Phi) is 4.30. The largest absolute Gasteiger partial charge is 0.396 e. The Labute approximate surface area is 114 Å². The molecule has 1 aromatic heterocycles. The van der Waals surface area contributed by atoms with Crippen LogP contribution in [0.25, 0.3) is 0 Å². The van der Waals surface area contributed by atoms with Gasteiger partial charge in [0, 0.05) is 13.7 Å². The highest BCUT2D eigenvalue weighted by molar-refractivity contribution is 6.29. The van der Waals surface area contributed by atoms with Crippen LogP contribution in [-0.4, -0.2) is 39.3 Å². The number of aliphatic hydroxyl groups is 1. The van der Waals surface area contributed by atoms with Crippen LogP contribution >= 0.6 is 11.6 Å². The number of aromatic nitrogens is 2. The first-order valence-corrected chi connectivity index (χ1v) is 6.97. The molecule has 0 spiro atoms. The Balaban J connectivity index is 1.93. The van der Waals surface area contributed by atoms with Crippen molar-refractivity contribution in [2.75, 3.05) is 19.7 Å². The number of halogens is 1. The smallest absolute Gasteiger partial charge is 0.128 e. The monoisotopic (exact) mass is 271 g/mol. The molecule has 1 N–H and O–H groups in total. The zero-order valence-corrected chi connectivity index (χ0v) is 11.9. The Hall–Kier alpha value is -0.580. The van der Waals surface area contributed by atoms with Gasteiger partial charge in [-0.25, -0.2) is 4.98 Å². The lowest BCUT2D eigenvalue weighted by atomic mass is 9.77. The molecule has 0 saturated carbocycles. The lowest BCUT2D eigenvalue weighted by Gasteiger charge is -2.40. The minimum absolute atomic E-state index is 0.149. The van der Waals surface area contributed by atoms with Crippen LogP contribution in [0.2, 0.25) is 5.15 Å². The van der Waals surface area contributed by atoms with E-state index in [-0.39, 0.29) is 5.41 Å². The number of rotatable bonds is 4. The normalized spacial score (nSPS) is 20.2. The van der Waals surface area contributed by atoms with Crippen molar-refractivity contribution in [1.82, 2.24) is 14.5 Å². The molecule has 1 aromatic rings. The molecular formula is C13H22ClN3O. The SMILES string of the molecule is CCC1(CO)CCN(Cc2ncc(Cl)n2C)CC1. The van der Waals surface area contributed by atoms with Crippen molar-refractivity contribution in [3.05, 3.63) is 17.2 Å². The minimum Gasteiger partial charge on any atom is -0.396 e. The van der Waals surface area contributed by atoms with Gasteiger partial charge in [0.2, 0.25) is 0 Å². The van der Waals surface area contributed by atoms with E-state index in [1.807, 2.05) is 11.6 Å². The second-order valence-electron chi connectivity index (χ2n) is 5.34. The van der Waals surface area contributed by atoms with Gasteiger partial charge in [-0.05, 0) is 37.8 Å². The van der Waals surface area contributed by atoms with Gasteiger partial charge in [-0.2, -0.15) is 0 Å². The average molecular weight is 272 g/mol. The van der Waals surface area contributed by atoms with E-state index in [0.29, 0.717) is 11.8 Å². The van der Waals surface area contributed by atoms with E-state index in [9.17, 15) is 5.11 Å². The summed E-state index contributed by atoms with van der Waals surface area (Å²) in [4.78, 5) is 6.72. The fraction of sp³-hybridized carbons (Fsp3) is 0.769. The van der Waals surface area contributed by atoms with Crippen molar-refractivity contribution in [2.24, 2.45) is 12.5 Å². The summed E-state index contributed by atoms with van der Waals surface area (Å²) >= 11 is 5.99. The molecule has 5 heteroatoms. The number of hydrogen-bond donors (Lipinski definition) is 1. The fourth-order valence-corrected chi connectivity index (χ4v) is 2.73. The predicted octanol–water partition coefficient (Wildman–Crippen LogP) is 2.06. The van der Waals surface area contributed by atoms with E-state index < -0.39 is 0 Å². The number of nitrogens with zero attached hydrogens (tertiary/aromatic N) is 3. The summed E-state index contributed by atoms with van der Waals surface area (Å²) in [6, 6.07) is 0. The predicted molar refractivity (Wildman–Crippen MR) is 72.5 cm³/mol. The van der Waals surface area contributed by atoms with E-state index in [1.165, 1.54) is 0 Å². The van der Waals surface area contributed by atoms with Gasteiger partial charge in [-0.1, -0.05) is 18.5 Å². The standard InChI is InChI=1S/C13H22ClN3O/c1-3-13(10-18)4-6-17(7-5-13)9-12-15-8-11(14)16(12)2/h8,18H,3-7,9-10H2,1-2H3. The third-order valence-corrected chi connectivity index (χ3v) is 4.75. The molecule has 2 rings (SSSR count). The average Bonchev–Trinajstić information content (AvgIpc) is 2.72. The first-order chi connectivity index (χ1) is 8.60. The summed E-state index contributed by atoms with van der Waals surface area (Å²) in [7, 11) is 1.94. The van der Waals surface area contributed by atoms with Gasteiger partial charge in [0.05, 0.1) is 12.7 Å². The first-order valence-electron chi connectivity index (χ1n) is 6.59. The van der Waals surface area contributed by atoms with Crippen LogP contribution < -0.4 is 0 Å². The van der Waals surface area contributed by atoms with Crippen molar-refractivity contribution < 1.29 is 5.11 Å². The second-order valence-corrected chi connectivity index (χ2v) is 5.73. The van der Waals surface area contributed by atoms with E-state index in [4.69, 9.17) is 11.6 Å². The maximum absolute atomic E-state index is 9.51. The van der Waals surface area contributed by atoms with Crippen LogP contribution in [0.1, 0.15) is 32.0 Å². The van der Waals surface area contributed by atoms with Crippen molar-refractivity contribution in [3.8, 4) is 0 Å². The molecule has 0 aromatic carbocycles. The Morgan fingerprint density at radius 2 is 2.11 bits per heavy atom. The van der Waals surface area contributed by atoms with Crippen LogP contribution in [0.5, 0.6) is 0 Å². The molecule has 0 bridgehead atoms. The lowest BCUT2D eigenvalue weighted by molar-refractivity contribution is 0.0371. The van der Waals surface area contributed by atoms with E-state index in [1.54, 1.807) is 6.20 Å². The highest BCUT2D eigenvalue weighted by Crippen LogP contribution is 2.34. The maximum Gasteiger partial charge on any atom is 0.128 e. The van der Waals surface area contributed by atoms with Gasteiger partial charge in [0.15, 0.2) is 0 Å². The van der Waals surface area contributed by atoms with Crippen LogP contribution in [0, 0.1) is 5.41 Å². The molecule has 1 saturated heterocycles. The fourth-order valence-electron chi connectivity index (χ4n) is 2.58. The third-order valence-electron chi connectivity index (χ3n) is 4.39. The number of likely N-dealkylation sites (tertiary alicyclic amines) is 1. The van der Waals surface area contributed by atoms with E-state index in [0.717, 1.165) is 44.7 Å². The molecule has 0 aliphatic carbocycles. The molecule has 1 aliphatic heterocycles. The van der Waals surface area contributed by atoms with Crippen LogP contribution in [-0.2, 0) is 13.6 Å². The van der Waals surface area contributed by atoms with Crippen LogP contribution in [0.3, 0.4) is 0 Å². The molecule has 1 aliphatic rings. The third kappa shape index (κ3) is 2.71. The van der Waals surface area contributed by atoms with Gasteiger partial charge < -0.3 is 9.67 Å². The van der Waals surface area contributed by atoms with Gasteiger partial charge in [0.25, 0.3) is 0 Å². The van der Waals surface area contributed by atoms with Gasteiger partial charge in [0.1, 0.15) is 11.0 Å². The van der Waals surface area contributed by atoms with Crippen molar-refractivity contribution >= 4 is 11.6 Å². The zero-order valence-electron chi connectivity index (χ0n) is 11.2. The topological polar surface area (TPSA) is 41.3 Å². The second kappa shape index (κ2) is 5.59. The van der Waals surface area contributed by atoms with Crippen molar-refractivity contribution in [3.63, 3.8) is 0 Å². The Morgan fingerprint density at radius 3 is 2.56 bits per heavy atom. The molecule has 0 amide bonds. The summed E-state index contributed by atoms with van der Waals surface area (Å²) in [5.74, 6) is 1.01. The van der Waals surface area contributed by atoms with Crippen molar-refractivity contribution in [1.29, 1.82) is 0 Å². The highest BCUT2D eigenvalue weighted by Gasteiger charge is 2.32. The Bertz CT molecular complexity index is 391. The van der Waals surface area contributed by atoms with Crippen molar-refractivity contribution in [2.45, 2.75) is 32.7 Å². The lowest BCUT2D eigenvalue weighted by Crippen LogP contribution is -2.41. The van der Waals surface area contributed by atoms with Gasteiger partial charge in [-0.3, -0.25) is 4.90 Å². The summed E-state index contributed by atoms with van der Waals surface area (Å²) in [5, 5.41) is 10.2. The van der Waals surface area contributed by atoms with Crippen LogP contribution in [0.4, 0.5) is 0 Å². The molecule has 1 fully saturated rings. The first kappa shape index (κ1) is 13.8. The molecular weight excluding hydrogens is 250 g/mol. The summed E-state index contributed by atoms with van der Waals surface area (Å²) < 4.78 is 1.93. The van der Waals surface area contributed by atoms with E-state index >= 15 is 0 Å². The molecule has 0 unspecified atom stereocenters. The summed E-state index contributed by atoms with van der Waals surface area (Å²) in [6.07, 6.45) is 4.90. The number of hydrogen-bond acceptors (Lipinski definition) is 3. The highest BCUT2D eigenvalue weighted by atomic mass is 35.5. The molecule has 4 nitrogen and oxygen atoms in total. The summed E-state index contributed by atoms with van der Waals surface area (Å²) in [6.45, 7) is 5.38. The molecule has 18 heavy (non-hydrogen) atoms. The number of piperidine rings is 1. The molecule has 0 radical (unpaired) electrons. The molecule has 0 atom stereocenters. The van der Waals surface area contributed by atoms with Gasteiger partial charge in [-0.15, -0.1) is 0 Å². The number of aliphatic hydroxyl groups excluding tert-OH is 1. The van der Waals surface area contributed by atoms with Gasteiger partial charge >= 0.3 is 0 Å². The molecule has 102 valence electrons.